The van der Waals surface area contributed by atoms with Gasteiger partial charge in [-0.1, -0.05) is 30.3 Å². The summed E-state index contributed by atoms with van der Waals surface area (Å²) in [4.78, 5) is 28.3. The Labute approximate surface area is 148 Å². The molecule has 0 unspecified atom stereocenters. The van der Waals surface area contributed by atoms with Crippen LogP contribution in [0.5, 0.6) is 0 Å². The van der Waals surface area contributed by atoms with E-state index in [1.165, 1.54) is 0 Å². The highest BCUT2D eigenvalue weighted by atomic mass is 79.9. The van der Waals surface area contributed by atoms with E-state index in [0.717, 1.165) is 16.6 Å². The monoisotopic (exact) mass is 385 g/mol. The van der Waals surface area contributed by atoms with E-state index in [-0.39, 0.29) is 5.78 Å². The van der Waals surface area contributed by atoms with Crippen LogP contribution in [0, 0.1) is 6.92 Å². The Hall–Kier alpha value is -2.40. The minimum absolute atomic E-state index is 0.217. The summed E-state index contributed by atoms with van der Waals surface area (Å²) in [6, 6.07) is 14.5. The molecule has 0 amide bonds. The van der Waals surface area contributed by atoms with Crippen molar-refractivity contribution in [2.45, 2.75) is 20.0 Å². The number of ketones is 1. The van der Waals surface area contributed by atoms with Gasteiger partial charge in [0.1, 0.15) is 0 Å². The van der Waals surface area contributed by atoms with Gasteiger partial charge in [-0.2, -0.15) is 0 Å². The fourth-order valence-electron chi connectivity index (χ4n) is 2.70. The molecule has 1 atom stereocenters. The number of esters is 1. The van der Waals surface area contributed by atoms with E-state index in [0.29, 0.717) is 15.6 Å². The number of nitrogens with one attached hydrogen (secondary N) is 1. The van der Waals surface area contributed by atoms with Gasteiger partial charge in [0.05, 0.1) is 5.56 Å². The number of benzene rings is 2. The van der Waals surface area contributed by atoms with Gasteiger partial charge in [-0.15, -0.1) is 0 Å². The summed E-state index contributed by atoms with van der Waals surface area (Å²) in [5.41, 5.74) is 2.62. The Kier molecular flexibility index (Phi) is 4.53. The van der Waals surface area contributed by atoms with Gasteiger partial charge in [-0.25, -0.2) is 4.79 Å². The second-order valence-electron chi connectivity index (χ2n) is 5.56. The lowest BCUT2D eigenvalue weighted by Gasteiger charge is -2.13. The van der Waals surface area contributed by atoms with Gasteiger partial charge in [0.15, 0.2) is 6.10 Å². The molecular weight excluding hydrogens is 370 g/mol. The SMILES string of the molecule is Cc1[nH]c2ccccc2c1C(=O)[C@H](C)OC(=O)c1ccccc1Br. The van der Waals surface area contributed by atoms with Crippen molar-refractivity contribution in [3.8, 4) is 0 Å². The Morgan fingerprint density at radius 2 is 1.75 bits per heavy atom. The van der Waals surface area contributed by atoms with Crippen LogP contribution >= 0.6 is 15.9 Å². The Balaban J connectivity index is 1.86. The number of aryl methyl sites for hydroxylation is 1. The summed E-state index contributed by atoms with van der Waals surface area (Å²) in [5.74, 6) is -0.744. The molecule has 3 aromatic rings. The van der Waals surface area contributed by atoms with Gasteiger partial charge in [0.25, 0.3) is 0 Å². The second kappa shape index (κ2) is 6.61. The molecule has 4 nitrogen and oxygen atoms in total. The van der Waals surface area contributed by atoms with Gasteiger partial charge in [0.2, 0.25) is 5.78 Å². The number of aromatic amines is 1. The molecule has 0 bridgehead atoms. The van der Waals surface area contributed by atoms with Crippen molar-refractivity contribution in [1.29, 1.82) is 0 Å². The third-order valence-corrected chi connectivity index (χ3v) is 4.58. The predicted molar refractivity (Wildman–Crippen MR) is 96.4 cm³/mol. The largest absolute Gasteiger partial charge is 0.451 e. The first-order valence-corrected chi connectivity index (χ1v) is 8.35. The van der Waals surface area contributed by atoms with E-state index in [2.05, 4.69) is 20.9 Å². The van der Waals surface area contributed by atoms with E-state index < -0.39 is 12.1 Å². The summed E-state index contributed by atoms with van der Waals surface area (Å²) in [6.07, 6.45) is -0.873. The summed E-state index contributed by atoms with van der Waals surface area (Å²) < 4.78 is 6.01. The maximum absolute atomic E-state index is 12.8. The Bertz CT molecular complexity index is 929. The zero-order valence-corrected chi connectivity index (χ0v) is 14.9. The number of hydrogen-bond donors (Lipinski definition) is 1. The van der Waals surface area contributed by atoms with E-state index in [1.54, 1.807) is 25.1 Å². The van der Waals surface area contributed by atoms with Crippen LogP contribution in [0.1, 0.15) is 33.3 Å². The summed E-state index contributed by atoms with van der Waals surface area (Å²) in [5, 5.41) is 0.837. The number of aromatic nitrogens is 1. The summed E-state index contributed by atoms with van der Waals surface area (Å²) in [6.45, 7) is 3.44. The van der Waals surface area contributed by atoms with Crippen LogP contribution in [0.3, 0.4) is 0 Å². The number of halogens is 1. The van der Waals surface area contributed by atoms with Crippen molar-refractivity contribution in [2.75, 3.05) is 0 Å². The van der Waals surface area contributed by atoms with Crippen LogP contribution in [-0.2, 0) is 4.74 Å². The Morgan fingerprint density at radius 3 is 2.50 bits per heavy atom. The van der Waals surface area contributed by atoms with Crippen LogP contribution in [0.25, 0.3) is 10.9 Å². The zero-order chi connectivity index (χ0) is 17.3. The summed E-state index contributed by atoms with van der Waals surface area (Å²) >= 11 is 3.32. The summed E-state index contributed by atoms with van der Waals surface area (Å²) in [7, 11) is 0. The number of H-pyrrole nitrogens is 1. The van der Waals surface area contributed by atoms with Crippen molar-refractivity contribution in [3.63, 3.8) is 0 Å². The van der Waals surface area contributed by atoms with Crippen LogP contribution in [-0.4, -0.2) is 22.8 Å². The molecule has 0 aliphatic carbocycles. The number of hydrogen-bond acceptors (Lipinski definition) is 3. The number of para-hydroxylation sites is 1. The lowest BCUT2D eigenvalue weighted by molar-refractivity contribution is 0.0318. The third-order valence-electron chi connectivity index (χ3n) is 3.89. The van der Waals surface area contributed by atoms with E-state index in [9.17, 15) is 9.59 Å². The lowest BCUT2D eigenvalue weighted by atomic mass is 10.0. The molecule has 3 rings (SSSR count). The number of Topliss-reactive ketones (excluding diaryl/α,β-unsaturated/α-hetero) is 1. The van der Waals surface area contributed by atoms with Crippen molar-refractivity contribution in [2.24, 2.45) is 0 Å². The molecule has 0 radical (unpaired) electrons. The normalized spacial score (nSPS) is 12.1. The molecule has 24 heavy (non-hydrogen) atoms. The van der Waals surface area contributed by atoms with Crippen LogP contribution in [0.4, 0.5) is 0 Å². The van der Waals surface area contributed by atoms with Crippen LogP contribution in [0.15, 0.2) is 53.0 Å². The molecule has 5 heteroatoms. The van der Waals surface area contributed by atoms with Crippen molar-refractivity contribution in [3.05, 3.63) is 69.8 Å². The standard InChI is InChI=1S/C19H16BrNO3/c1-11-17(14-8-4-6-10-16(14)21-11)18(22)12(2)24-19(23)13-7-3-5-9-15(13)20/h3-10,12,21H,1-2H3/t12-/m0/s1. The van der Waals surface area contributed by atoms with Crippen molar-refractivity contribution >= 4 is 38.6 Å². The first kappa shape index (κ1) is 16.5. The van der Waals surface area contributed by atoms with E-state index >= 15 is 0 Å². The van der Waals surface area contributed by atoms with Crippen LogP contribution < -0.4 is 0 Å². The molecule has 0 fully saturated rings. The maximum Gasteiger partial charge on any atom is 0.339 e. The van der Waals surface area contributed by atoms with Crippen molar-refractivity contribution < 1.29 is 14.3 Å². The second-order valence-corrected chi connectivity index (χ2v) is 6.42. The number of fused-ring (bicyclic) bond motifs is 1. The fourth-order valence-corrected chi connectivity index (χ4v) is 3.15. The molecule has 1 N–H and O–H groups in total. The quantitative estimate of drug-likeness (QED) is 0.524. The molecule has 122 valence electrons. The molecule has 0 saturated heterocycles. The van der Waals surface area contributed by atoms with Gasteiger partial charge in [-0.05, 0) is 48.0 Å². The van der Waals surface area contributed by atoms with Crippen molar-refractivity contribution in [1.82, 2.24) is 4.98 Å². The molecule has 0 aliphatic rings. The van der Waals surface area contributed by atoms with E-state index in [4.69, 9.17) is 4.74 Å². The third kappa shape index (κ3) is 2.99. The molecule has 1 heterocycles. The molecule has 0 saturated carbocycles. The first-order chi connectivity index (χ1) is 11.5. The number of rotatable bonds is 4. The fraction of sp³-hybridized carbons (Fsp3) is 0.158. The van der Waals surface area contributed by atoms with Gasteiger partial charge in [-0.3, -0.25) is 4.79 Å². The molecule has 0 aliphatic heterocycles. The topological polar surface area (TPSA) is 59.2 Å². The molecule has 0 spiro atoms. The lowest BCUT2D eigenvalue weighted by Crippen LogP contribution is -2.25. The van der Waals surface area contributed by atoms with Crippen LogP contribution in [0.2, 0.25) is 0 Å². The van der Waals surface area contributed by atoms with Gasteiger partial charge >= 0.3 is 5.97 Å². The highest BCUT2D eigenvalue weighted by Gasteiger charge is 2.25. The molecule has 2 aromatic carbocycles. The highest BCUT2D eigenvalue weighted by molar-refractivity contribution is 9.10. The van der Waals surface area contributed by atoms with Gasteiger partial charge < -0.3 is 9.72 Å². The maximum atomic E-state index is 12.8. The average molecular weight is 386 g/mol. The number of carbonyl (C=O) groups excluding carboxylic acids is 2. The molecular formula is C19H16BrNO3. The van der Waals surface area contributed by atoms with Gasteiger partial charge in [0, 0.05) is 26.6 Å². The Morgan fingerprint density at radius 1 is 1.08 bits per heavy atom. The number of carbonyl (C=O) groups is 2. The number of ether oxygens (including phenoxy) is 1. The smallest absolute Gasteiger partial charge is 0.339 e. The molecule has 1 aromatic heterocycles. The minimum atomic E-state index is -0.873. The first-order valence-electron chi connectivity index (χ1n) is 7.56. The average Bonchev–Trinajstić information content (AvgIpc) is 2.90. The van der Waals surface area contributed by atoms with E-state index in [1.807, 2.05) is 37.3 Å². The predicted octanol–water partition coefficient (Wildman–Crippen LogP) is 4.67. The zero-order valence-electron chi connectivity index (χ0n) is 13.3. The highest BCUT2D eigenvalue weighted by Crippen LogP contribution is 2.24. The minimum Gasteiger partial charge on any atom is -0.451 e.